The van der Waals surface area contributed by atoms with Crippen molar-refractivity contribution >= 4 is 78.1 Å². The molecular formula is C29H25Br2N3O7S. The molecule has 0 radical (unpaired) electrons. The van der Waals surface area contributed by atoms with Gasteiger partial charge in [-0.05, 0) is 117 Å². The molecule has 0 aromatic heterocycles. The summed E-state index contributed by atoms with van der Waals surface area (Å²) in [7, 11) is 0. The van der Waals surface area contributed by atoms with Crippen molar-refractivity contribution in [3.8, 4) is 11.5 Å². The highest BCUT2D eigenvalue weighted by Gasteiger charge is 2.35. The van der Waals surface area contributed by atoms with E-state index in [4.69, 9.17) is 9.47 Å². The first-order chi connectivity index (χ1) is 20.0. The van der Waals surface area contributed by atoms with E-state index in [0.29, 0.717) is 39.4 Å². The van der Waals surface area contributed by atoms with Gasteiger partial charge in [0.2, 0.25) is 0 Å². The van der Waals surface area contributed by atoms with E-state index in [1.165, 1.54) is 24.3 Å². The molecule has 218 valence electrons. The zero-order valence-corrected chi connectivity index (χ0v) is 26.7. The third-order valence-electron chi connectivity index (χ3n) is 6.20. The lowest BCUT2D eigenvalue weighted by molar-refractivity contribution is -0.384. The summed E-state index contributed by atoms with van der Waals surface area (Å²) in [6.07, 6.45) is 1.57. The number of nitrogens with zero attached hydrogens (tertiary/aromatic N) is 2. The zero-order valence-electron chi connectivity index (χ0n) is 22.7. The maximum Gasteiger partial charge on any atom is 0.293 e. The van der Waals surface area contributed by atoms with Crippen LogP contribution in [0.5, 0.6) is 11.5 Å². The normalized spacial score (nSPS) is 13.9. The van der Waals surface area contributed by atoms with Gasteiger partial charge in [0.05, 0.1) is 33.1 Å². The second-order valence-electron chi connectivity index (χ2n) is 9.21. The van der Waals surface area contributed by atoms with Gasteiger partial charge in [-0.15, -0.1) is 0 Å². The number of rotatable bonds is 10. The molecule has 1 aliphatic heterocycles. The molecule has 0 atom stereocenters. The lowest BCUT2D eigenvalue weighted by Crippen LogP contribution is -2.27. The summed E-state index contributed by atoms with van der Waals surface area (Å²) in [4.78, 5) is 50.0. The predicted octanol–water partition coefficient (Wildman–Crippen LogP) is 7.39. The van der Waals surface area contributed by atoms with Gasteiger partial charge in [0.25, 0.3) is 22.7 Å². The number of carbonyl (C=O) groups is 3. The molecule has 0 aliphatic carbocycles. The van der Waals surface area contributed by atoms with Crippen LogP contribution >= 0.6 is 43.6 Å². The van der Waals surface area contributed by atoms with Crippen molar-refractivity contribution in [2.45, 2.75) is 27.3 Å². The lowest BCUT2D eigenvalue weighted by atomic mass is 10.1. The van der Waals surface area contributed by atoms with Crippen LogP contribution in [0.3, 0.4) is 0 Å². The fourth-order valence-corrected chi connectivity index (χ4v) is 5.94. The third kappa shape index (κ3) is 7.39. The molecule has 10 nitrogen and oxygen atoms in total. The summed E-state index contributed by atoms with van der Waals surface area (Å²) in [6, 6.07) is 12.8. The minimum absolute atomic E-state index is 0.0124. The van der Waals surface area contributed by atoms with Gasteiger partial charge in [-0.2, -0.15) is 0 Å². The van der Waals surface area contributed by atoms with E-state index in [9.17, 15) is 24.5 Å². The van der Waals surface area contributed by atoms with E-state index in [1.54, 1.807) is 25.1 Å². The predicted molar refractivity (Wildman–Crippen MR) is 168 cm³/mol. The second-order valence-corrected chi connectivity index (χ2v) is 11.9. The van der Waals surface area contributed by atoms with Gasteiger partial charge in [-0.3, -0.25) is 29.4 Å². The Labute approximate surface area is 262 Å². The molecule has 1 saturated heterocycles. The van der Waals surface area contributed by atoms with Crippen molar-refractivity contribution in [1.82, 2.24) is 4.90 Å². The molecule has 0 spiro atoms. The average Bonchev–Trinajstić information content (AvgIpc) is 3.19. The van der Waals surface area contributed by atoms with Gasteiger partial charge in [0.1, 0.15) is 0 Å². The van der Waals surface area contributed by atoms with Crippen molar-refractivity contribution in [2.24, 2.45) is 0 Å². The Hall–Kier alpha value is -3.68. The Kier molecular flexibility index (Phi) is 10.1. The lowest BCUT2D eigenvalue weighted by Gasteiger charge is -2.15. The number of carbonyl (C=O) groups excluding carboxylic acids is 3. The van der Waals surface area contributed by atoms with Crippen molar-refractivity contribution in [1.29, 1.82) is 0 Å². The maximum absolute atomic E-state index is 13.0. The number of hydrogen-bond donors (Lipinski definition) is 1. The van der Waals surface area contributed by atoms with Crippen LogP contribution in [0.4, 0.5) is 16.2 Å². The summed E-state index contributed by atoms with van der Waals surface area (Å²) in [6.45, 7) is 5.77. The summed E-state index contributed by atoms with van der Waals surface area (Å²) in [5.41, 5.74) is 3.84. The van der Waals surface area contributed by atoms with Crippen LogP contribution in [0.1, 0.15) is 29.2 Å². The van der Waals surface area contributed by atoms with Crippen molar-refractivity contribution in [3.05, 3.63) is 94.7 Å². The highest BCUT2D eigenvalue weighted by Crippen LogP contribution is 2.40. The van der Waals surface area contributed by atoms with Crippen LogP contribution in [-0.2, 0) is 16.1 Å². The number of nitro groups is 1. The Morgan fingerprint density at radius 3 is 2.40 bits per heavy atom. The SMILES string of the molecule is CCOc1cc(C=C2SC(=O)N(Cc3ccc([N+](=O)[O-])cc3)C2=O)cc(Br)c1OCC(=O)Nc1cc(C)c(C)cc1Br. The number of benzene rings is 3. The average molecular weight is 719 g/mol. The number of anilines is 1. The number of hydrogen-bond acceptors (Lipinski definition) is 8. The molecule has 42 heavy (non-hydrogen) atoms. The Balaban J connectivity index is 1.48. The smallest absolute Gasteiger partial charge is 0.293 e. The fourth-order valence-electron chi connectivity index (χ4n) is 3.97. The number of imide groups is 1. The Morgan fingerprint density at radius 2 is 1.74 bits per heavy atom. The number of amides is 3. The van der Waals surface area contributed by atoms with Crippen LogP contribution in [0.15, 0.2) is 62.4 Å². The van der Waals surface area contributed by atoms with E-state index < -0.39 is 16.1 Å². The molecule has 3 aromatic rings. The molecule has 3 amide bonds. The third-order valence-corrected chi connectivity index (χ3v) is 8.35. The van der Waals surface area contributed by atoms with E-state index >= 15 is 0 Å². The summed E-state index contributed by atoms with van der Waals surface area (Å²) in [5, 5.41) is 13.3. The first-order valence-corrected chi connectivity index (χ1v) is 15.0. The maximum atomic E-state index is 13.0. The molecule has 1 N–H and O–H groups in total. The first-order valence-electron chi connectivity index (χ1n) is 12.6. The molecule has 13 heteroatoms. The van der Waals surface area contributed by atoms with Crippen LogP contribution in [-0.4, -0.2) is 40.1 Å². The summed E-state index contributed by atoms with van der Waals surface area (Å²) < 4.78 is 12.8. The molecular weight excluding hydrogens is 694 g/mol. The number of nitro benzene ring substituents is 1. The van der Waals surface area contributed by atoms with Crippen molar-refractivity contribution in [3.63, 3.8) is 0 Å². The summed E-state index contributed by atoms with van der Waals surface area (Å²) in [5.74, 6) is -0.177. The first kappa shape index (κ1) is 31.3. The van der Waals surface area contributed by atoms with Gasteiger partial charge in [0.15, 0.2) is 18.1 Å². The van der Waals surface area contributed by atoms with Crippen LogP contribution in [0.25, 0.3) is 6.08 Å². The molecule has 1 aliphatic rings. The highest BCUT2D eigenvalue weighted by molar-refractivity contribution is 9.11. The number of ether oxygens (including phenoxy) is 2. The summed E-state index contributed by atoms with van der Waals surface area (Å²) >= 11 is 7.74. The van der Waals surface area contributed by atoms with Crippen LogP contribution < -0.4 is 14.8 Å². The molecule has 0 bridgehead atoms. The van der Waals surface area contributed by atoms with Crippen LogP contribution in [0.2, 0.25) is 0 Å². The fraction of sp³-hybridized carbons (Fsp3) is 0.207. The highest BCUT2D eigenvalue weighted by atomic mass is 79.9. The van der Waals surface area contributed by atoms with Crippen LogP contribution in [0, 0.1) is 24.0 Å². The molecule has 1 fully saturated rings. The molecule has 1 heterocycles. The largest absolute Gasteiger partial charge is 0.490 e. The monoisotopic (exact) mass is 717 g/mol. The van der Waals surface area contributed by atoms with Crippen molar-refractivity contribution in [2.75, 3.05) is 18.5 Å². The van der Waals surface area contributed by atoms with E-state index in [0.717, 1.165) is 32.3 Å². The number of non-ortho nitro benzene ring substituents is 1. The quantitative estimate of drug-likeness (QED) is 0.131. The number of aryl methyl sites for hydroxylation is 2. The van der Waals surface area contributed by atoms with Gasteiger partial charge >= 0.3 is 0 Å². The molecule has 3 aromatic carbocycles. The van der Waals surface area contributed by atoms with E-state index in [2.05, 4.69) is 37.2 Å². The van der Waals surface area contributed by atoms with Gasteiger partial charge in [-0.1, -0.05) is 12.1 Å². The van der Waals surface area contributed by atoms with E-state index in [1.807, 2.05) is 26.0 Å². The zero-order chi connectivity index (χ0) is 30.6. The Bertz CT molecular complexity index is 1610. The van der Waals surface area contributed by atoms with Gasteiger partial charge in [0, 0.05) is 16.6 Å². The molecule has 0 saturated carbocycles. The Morgan fingerprint density at radius 1 is 1.05 bits per heavy atom. The second kappa shape index (κ2) is 13.5. The topological polar surface area (TPSA) is 128 Å². The van der Waals surface area contributed by atoms with Gasteiger partial charge in [-0.25, -0.2) is 0 Å². The standard InChI is InChI=1S/C29H25Br2N3O7S/c1-4-40-24-12-19(11-22(31)27(24)41-15-26(35)32-23-10-17(3)16(2)9-21(23)30)13-25-28(36)33(29(37)42-25)14-18-5-7-20(8-6-18)34(38)39/h5-13H,4,14-15H2,1-3H3,(H,32,35). The minimum atomic E-state index is -0.516. The molecule has 4 rings (SSSR count). The van der Waals surface area contributed by atoms with Gasteiger partial charge < -0.3 is 14.8 Å². The number of halogens is 2. The number of nitrogens with one attached hydrogen (secondary N) is 1. The van der Waals surface area contributed by atoms with Crippen molar-refractivity contribution < 1.29 is 28.8 Å². The van der Waals surface area contributed by atoms with E-state index in [-0.39, 0.29) is 29.7 Å². The number of thioether (sulfide) groups is 1. The minimum Gasteiger partial charge on any atom is -0.490 e. The molecule has 0 unspecified atom stereocenters.